The number of pyridine rings is 1. The van der Waals surface area contributed by atoms with Crippen LogP contribution in [0.2, 0.25) is 0 Å². The average molecular weight is 929 g/mol. The zero-order valence-electron chi connectivity index (χ0n) is 37.3. The predicted molar refractivity (Wildman–Crippen MR) is 242 cm³/mol. The Balaban J connectivity index is 0.896. The smallest absolute Gasteiger partial charge is 0.384 e. The van der Waals surface area contributed by atoms with Crippen LogP contribution in [0.1, 0.15) is 112 Å². The lowest BCUT2D eigenvalue weighted by Crippen LogP contribution is -2.55. The van der Waals surface area contributed by atoms with E-state index < -0.39 is 70.2 Å². The number of unbranched alkanes of at least 4 members (excludes halogenated alkanes) is 5. The monoisotopic (exact) mass is 928 g/mol. The number of imide groups is 2. The number of amides is 6. The highest BCUT2D eigenvalue weighted by Gasteiger charge is 2.45. The Morgan fingerprint density at radius 2 is 1.49 bits per heavy atom. The van der Waals surface area contributed by atoms with Crippen LogP contribution in [0, 0.1) is 5.82 Å². The maximum Gasteiger partial charge on any atom is 0.417 e. The SMILES string of the molecule is C[C@@H]1CN(c2ccc(-c3ccc(C(=O)NCCCCCCCCNc4cccc5c4C(=O)N(C4CCC(=O)NC4=O)C5=O)cc3F)cc2NC(=O)c2c[nH]c(=O)cc2C(F)(F)F)C[C@H](C)N1C. The molecule has 5 N–H and O–H groups in total. The number of H-pyrrole nitrogens is 1. The molecule has 1 unspecified atom stereocenters. The third kappa shape index (κ3) is 10.7. The normalized spacial score (nSPS) is 18.8. The Kier molecular flexibility index (Phi) is 14.6. The van der Waals surface area contributed by atoms with E-state index in [4.69, 9.17) is 0 Å². The molecule has 7 rings (SSSR count). The highest BCUT2D eigenvalue weighted by molar-refractivity contribution is 6.25. The van der Waals surface area contributed by atoms with Crippen LogP contribution in [0.3, 0.4) is 0 Å². The zero-order valence-corrected chi connectivity index (χ0v) is 37.3. The molecule has 0 radical (unpaired) electrons. The molecule has 0 bridgehead atoms. The molecule has 3 atom stereocenters. The highest BCUT2D eigenvalue weighted by Crippen LogP contribution is 2.37. The molecule has 67 heavy (non-hydrogen) atoms. The van der Waals surface area contributed by atoms with Crippen LogP contribution in [0.4, 0.5) is 34.6 Å². The van der Waals surface area contributed by atoms with Crippen molar-refractivity contribution in [3.8, 4) is 11.1 Å². The predicted octanol–water partition coefficient (Wildman–Crippen LogP) is 6.56. The molecule has 354 valence electrons. The van der Waals surface area contributed by atoms with Gasteiger partial charge in [-0.25, -0.2) is 4.39 Å². The van der Waals surface area contributed by atoms with E-state index in [1.54, 1.807) is 30.3 Å². The molecule has 6 amide bonds. The van der Waals surface area contributed by atoms with Gasteiger partial charge in [-0.15, -0.1) is 0 Å². The third-order valence-electron chi connectivity index (χ3n) is 12.6. The van der Waals surface area contributed by atoms with Crippen molar-refractivity contribution in [2.45, 2.75) is 89.5 Å². The number of piperazine rings is 1. The number of likely N-dealkylation sites (N-methyl/N-ethyl adjacent to an activating group) is 1. The van der Waals surface area contributed by atoms with Gasteiger partial charge in [0.1, 0.15) is 11.9 Å². The van der Waals surface area contributed by atoms with Gasteiger partial charge in [-0.3, -0.25) is 48.7 Å². The van der Waals surface area contributed by atoms with E-state index in [1.165, 1.54) is 18.2 Å². The van der Waals surface area contributed by atoms with E-state index in [9.17, 15) is 46.7 Å². The van der Waals surface area contributed by atoms with Crippen LogP contribution in [0.5, 0.6) is 0 Å². The van der Waals surface area contributed by atoms with Gasteiger partial charge in [-0.2, -0.15) is 13.2 Å². The van der Waals surface area contributed by atoms with Gasteiger partial charge < -0.3 is 25.8 Å². The molecule has 4 aromatic rings. The van der Waals surface area contributed by atoms with Gasteiger partial charge in [0.05, 0.1) is 33.6 Å². The molecular weight excluding hydrogens is 877 g/mol. The third-order valence-corrected chi connectivity index (χ3v) is 12.6. The summed E-state index contributed by atoms with van der Waals surface area (Å²) in [4.78, 5) is 95.9. The first-order chi connectivity index (χ1) is 31.9. The van der Waals surface area contributed by atoms with Gasteiger partial charge in [0.25, 0.3) is 23.6 Å². The van der Waals surface area contributed by atoms with Crippen molar-refractivity contribution in [1.82, 2.24) is 25.4 Å². The number of carbonyl (C=O) groups excluding carboxylic acids is 6. The molecule has 4 heterocycles. The van der Waals surface area contributed by atoms with Crippen LogP contribution in [0.25, 0.3) is 11.1 Å². The molecule has 0 spiro atoms. The maximum atomic E-state index is 15.8. The summed E-state index contributed by atoms with van der Waals surface area (Å²) in [7, 11) is 1.99. The van der Waals surface area contributed by atoms with Crippen molar-refractivity contribution >= 4 is 52.5 Å². The molecule has 19 heteroatoms. The lowest BCUT2D eigenvalue weighted by atomic mass is 10.00. The number of carbonyl (C=O) groups is 6. The fourth-order valence-electron chi connectivity index (χ4n) is 8.80. The summed E-state index contributed by atoms with van der Waals surface area (Å²) in [6.07, 6.45) is 0.858. The van der Waals surface area contributed by atoms with Crippen molar-refractivity contribution in [3.63, 3.8) is 0 Å². The lowest BCUT2D eigenvalue weighted by molar-refractivity contribution is -0.138. The minimum atomic E-state index is -4.98. The first kappa shape index (κ1) is 48.1. The largest absolute Gasteiger partial charge is 0.417 e. The van der Waals surface area contributed by atoms with Crippen LogP contribution in [0.15, 0.2) is 71.7 Å². The van der Waals surface area contributed by atoms with Crippen LogP contribution in [-0.4, -0.2) is 102 Å². The van der Waals surface area contributed by atoms with Gasteiger partial charge in [0.2, 0.25) is 17.4 Å². The Bertz CT molecular complexity index is 2640. The van der Waals surface area contributed by atoms with Crippen LogP contribution < -0.4 is 31.7 Å². The lowest BCUT2D eigenvalue weighted by Gasteiger charge is -2.44. The maximum absolute atomic E-state index is 15.8. The molecule has 2 saturated heterocycles. The fraction of sp³-hybridized carbons (Fsp3) is 0.396. The highest BCUT2D eigenvalue weighted by atomic mass is 19.4. The van der Waals surface area contributed by atoms with E-state index in [0.29, 0.717) is 61.8 Å². The Morgan fingerprint density at radius 1 is 0.791 bits per heavy atom. The van der Waals surface area contributed by atoms with Gasteiger partial charge in [0.15, 0.2) is 0 Å². The Labute approximate surface area is 383 Å². The van der Waals surface area contributed by atoms with Crippen molar-refractivity contribution in [1.29, 1.82) is 0 Å². The molecule has 3 aliphatic heterocycles. The van der Waals surface area contributed by atoms with Gasteiger partial charge in [-0.1, -0.05) is 43.9 Å². The molecular formula is C48H52F4N8O7. The summed E-state index contributed by atoms with van der Waals surface area (Å²) in [6.45, 7) is 6.05. The van der Waals surface area contributed by atoms with Crippen LogP contribution in [-0.2, 0) is 15.8 Å². The quantitative estimate of drug-likeness (QED) is 0.0467. The summed E-state index contributed by atoms with van der Waals surface area (Å²) < 4.78 is 57.5. The number of piperidine rings is 1. The molecule has 0 aliphatic carbocycles. The average Bonchev–Trinajstić information content (AvgIpc) is 3.54. The van der Waals surface area contributed by atoms with E-state index in [2.05, 4.69) is 31.2 Å². The van der Waals surface area contributed by atoms with Crippen molar-refractivity contribution in [2.75, 3.05) is 48.8 Å². The summed E-state index contributed by atoms with van der Waals surface area (Å²) in [6, 6.07) is 13.2. The topological polar surface area (TPSA) is 193 Å². The zero-order chi connectivity index (χ0) is 48.2. The van der Waals surface area contributed by atoms with Crippen molar-refractivity contribution in [3.05, 3.63) is 111 Å². The fourth-order valence-corrected chi connectivity index (χ4v) is 8.80. The second-order valence-corrected chi connectivity index (χ2v) is 17.3. The number of anilines is 3. The molecule has 1 aromatic heterocycles. The summed E-state index contributed by atoms with van der Waals surface area (Å²) in [5, 5.41) is 10.9. The number of aromatic nitrogens is 1. The molecule has 3 aliphatic rings. The first-order valence-electron chi connectivity index (χ1n) is 22.3. The molecule has 3 aromatic carbocycles. The number of aromatic amines is 1. The standard InChI is InChI=1S/C48H52F4N8O7/c1-27-25-59(26-28(2)58(27)3)38-16-14-29(22-37(38)56-44(64)33-24-55-41(62)23-34(33)48(50,51)52)31-15-13-30(21-35(31)49)43(63)54-20-9-7-5-4-6-8-19-53-36-12-10-11-32-42(36)47(67)60(46(32)66)39-17-18-40(61)57-45(39)65/h10-16,21-24,27-28,39,53H,4-9,17-20,25-26H2,1-3H3,(H,54,63)(H,55,62)(H,56,64)(H,57,61,65)/t27-,28+,39?. The number of hydrogen-bond donors (Lipinski definition) is 5. The number of alkyl halides is 3. The number of hydrogen-bond acceptors (Lipinski definition) is 10. The van der Waals surface area contributed by atoms with E-state index in [0.717, 1.165) is 43.1 Å². The van der Waals surface area contributed by atoms with E-state index >= 15 is 4.39 Å². The number of nitrogens with zero attached hydrogens (tertiary/aromatic N) is 3. The molecule has 0 saturated carbocycles. The van der Waals surface area contributed by atoms with Gasteiger partial charge in [-0.05, 0) is 82.1 Å². The molecule has 2 fully saturated rings. The Hall–Kier alpha value is -6.89. The summed E-state index contributed by atoms with van der Waals surface area (Å²) in [5.74, 6) is -4.54. The van der Waals surface area contributed by atoms with Gasteiger partial charge >= 0.3 is 6.18 Å². The van der Waals surface area contributed by atoms with E-state index in [1.807, 2.05) is 25.8 Å². The number of rotatable bonds is 16. The summed E-state index contributed by atoms with van der Waals surface area (Å²) >= 11 is 0. The second kappa shape index (κ2) is 20.3. The van der Waals surface area contributed by atoms with Gasteiger partial charge in [0, 0.05) is 73.8 Å². The minimum Gasteiger partial charge on any atom is -0.384 e. The Morgan fingerprint density at radius 3 is 2.18 bits per heavy atom. The summed E-state index contributed by atoms with van der Waals surface area (Å²) in [5.41, 5.74) is -1.12. The second-order valence-electron chi connectivity index (χ2n) is 17.3. The number of halogens is 4. The molecule has 15 nitrogen and oxygen atoms in total. The van der Waals surface area contributed by atoms with Crippen molar-refractivity contribution < 1.29 is 46.3 Å². The van der Waals surface area contributed by atoms with Crippen molar-refractivity contribution in [2.24, 2.45) is 0 Å². The van der Waals surface area contributed by atoms with E-state index in [-0.39, 0.29) is 52.9 Å². The number of fused-ring (bicyclic) bond motifs is 1. The van der Waals surface area contributed by atoms with Crippen LogP contribution >= 0.6 is 0 Å². The minimum absolute atomic E-state index is 0.0397. The number of nitrogens with one attached hydrogen (secondary N) is 5. The number of benzene rings is 3. The first-order valence-corrected chi connectivity index (χ1v) is 22.3.